The van der Waals surface area contributed by atoms with Gasteiger partial charge < -0.3 is 9.64 Å². The van der Waals surface area contributed by atoms with Gasteiger partial charge in [-0.15, -0.1) is 0 Å². The molecule has 0 unspecified atom stereocenters. The Hall–Kier alpha value is -1.65. The lowest BCUT2D eigenvalue weighted by Crippen LogP contribution is -2.24. The molecule has 0 N–H and O–H groups in total. The van der Waals surface area contributed by atoms with Crippen molar-refractivity contribution < 1.29 is 19.1 Å². The van der Waals surface area contributed by atoms with Gasteiger partial charge in [0.15, 0.2) is 5.78 Å². The van der Waals surface area contributed by atoms with Crippen molar-refractivity contribution in [3.05, 3.63) is 11.8 Å². The molecule has 5 heteroatoms. The first-order valence-electron chi connectivity index (χ1n) is 4.50. The Labute approximate surface area is 88.7 Å². The summed E-state index contributed by atoms with van der Waals surface area (Å²) in [7, 11) is 3.31. The molecular formula is C10H15NO4. The van der Waals surface area contributed by atoms with Crippen LogP contribution in [0.5, 0.6) is 0 Å². The van der Waals surface area contributed by atoms with Gasteiger partial charge in [0.1, 0.15) is 0 Å². The van der Waals surface area contributed by atoms with Gasteiger partial charge in [-0.1, -0.05) is 0 Å². The molecule has 15 heavy (non-hydrogen) atoms. The van der Waals surface area contributed by atoms with Crippen molar-refractivity contribution in [1.82, 2.24) is 4.90 Å². The lowest BCUT2D eigenvalue weighted by molar-refractivity contribution is -0.152. The summed E-state index contributed by atoms with van der Waals surface area (Å²) in [6.45, 7) is 2.93. The molecule has 0 bridgehead atoms. The standard InChI is InChI=1S/C10H15NO4/c1-5-15-10(14)9(13)8(7(2)12)6-11(3)4/h6H,5H2,1-4H3/b8-6+. The van der Waals surface area contributed by atoms with Crippen molar-refractivity contribution in [2.45, 2.75) is 13.8 Å². The average molecular weight is 213 g/mol. The van der Waals surface area contributed by atoms with Crippen LogP contribution < -0.4 is 0 Å². The minimum atomic E-state index is -0.999. The van der Waals surface area contributed by atoms with Gasteiger partial charge in [-0.3, -0.25) is 9.59 Å². The molecule has 0 aromatic carbocycles. The maximum absolute atomic E-state index is 11.4. The minimum absolute atomic E-state index is 0.109. The van der Waals surface area contributed by atoms with E-state index in [-0.39, 0.29) is 12.2 Å². The van der Waals surface area contributed by atoms with Gasteiger partial charge in [0.25, 0.3) is 5.78 Å². The Morgan fingerprint density at radius 3 is 2.13 bits per heavy atom. The van der Waals surface area contributed by atoms with E-state index in [2.05, 4.69) is 4.74 Å². The van der Waals surface area contributed by atoms with Crippen molar-refractivity contribution in [3.63, 3.8) is 0 Å². The summed E-state index contributed by atoms with van der Waals surface area (Å²) in [6, 6.07) is 0. The van der Waals surface area contributed by atoms with Gasteiger partial charge in [-0.25, -0.2) is 4.79 Å². The molecule has 0 aromatic heterocycles. The van der Waals surface area contributed by atoms with Gasteiger partial charge in [-0.2, -0.15) is 0 Å². The molecule has 0 saturated carbocycles. The first-order valence-corrected chi connectivity index (χ1v) is 4.50. The highest BCUT2D eigenvalue weighted by Gasteiger charge is 2.23. The van der Waals surface area contributed by atoms with Gasteiger partial charge in [0.05, 0.1) is 12.2 Å². The zero-order valence-electron chi connectivity index (χ0n) is 9.36. The van der Waals surface area contributed by atoms with E-state index in [0.29, 0.717) is 0 Å². The first kappa shape index (κ1) is 13.4. The van der Waals surface area contributed by atoms with E-state index in [1.807, 2.05) is 0 Å². The van der Waals surface area contributed by atoms with Crippen molar-refractivity contribution in [3.8, 4) is 0 Å². The van der Waals surface area contributed by atoms with E-state index in [1.165, 1.54) is 18.0 Å². The summed E-state index contributed by atoms with van der Waals surface area (Å²) < 4.78 is 4.52. The average Bonchev–Trinajstić information content (AvgIpc) is 2.12. The predicted octanol–water partition coefficient (Wildman–Crippen LogP) is 0.153. The van der Waals surface area contributed by atoms with Crippen LogP contribution in [0.15, 0.2) is 11.8 Å². The largest absolute Gasteiger partial charge is 0.460 e. The van der Waals surface area contributed by atoms with Crippen LogP contribution in [-0.2, 0) is 19.1 Å². The summed E-state index contributed by atoms with van der Waals surface area (Å²) in [5, 5.41) is 0. The van der Waals surface area contributed by atoms with Crippen molar-refractivity contribution in [2.24, 2.45) is 0 Å². The highest BCUT2D eigenvalue weighted by atomic mass is 16.5. The molecule has 0 amide bonds. The molecule has 0 fully saturated rings. The second kappa shape index (κ2) is 5.95. The third kappa shape index (κ3) is 4.39. The normalized spacial score (nSPS) is 10.8. The summed E-state index contributed by atoms with van der Waals surface area (Å²) >= 11 is 0. The number of nitrogens with zero attached hydrogens (tertiary/aromatic N) is 1. The van der Waals surface area contributed by atoms with E-state index in [1.54, 1.807) is 21.0 Å². The minimum Gasteiger partial charge on any atom is -0.460 e. The summed E-state index contributed by atoms with van der Waals surface area (Å²) in [5.74, 6) is -2.36. The second-order valence-corrected chi connectivity index (χ2v) is 3.11. The summed E-state index contributed by atoms with van der Waals surface area (Å²) in [6.07, 6.45) is 1.31. The number of Topliss-reactive ketones (excluding diaryl/α,β-unsaturated/α-hetero) is 2. The summed E-state index contributed by atoms with van der Waals surface area (Å²) in [5.41, 5.74) is -0.168. The maximum atomic E-state index is 11.4. The number of rotatable bonds is 5. The molecule has 0 aliphatic heterocycles. The zero-order valence-corrected chi connectivity index (χ0v) is 9.36. The van der Waals surface area contributed by atoms with Gasteiger partial charge in [0, 0.05) is 20.3 Å². The lowest BCUT2D eigenvalue weighted by Gasteiger charge is -2.08. The number of hydrogen-bond donors (Lipinski definition) is 0. The van der Waals surface area contributed by atoms with Crippen LogP contribution in [-0.4, -0.2) is 43.1 Å². The quantitative estimate of drug-likeness (QED) is 0.214. The fraction of sp³-hybridized carbons (Fsp3) is 0.500. The maximum Gasteiger partial charge on any atom is 0.379 e. The molecule has 0 aromatic rings. The van der Waals surface area contributed by atoms with Crippen LogP contribution in [0.1, 0.15) is 13.8 Å². The van der Waals surface area contributed by atoms with Gasteiger partial charge in [-0.05, 0) is 13.8 Å². The van der Waals surface area contributed by atoms with Crippen LogP contribution in [0.3, 0.4) is 0 Å². The second-order valence-electron chi connectivity index (χ2n) is 3.11. The Morgan fingerprint density at radius 2 is 1.80 bits per heavy atom. The van der Waals surface area contributed by atoms with Crippen LogP contribution in [0.4, 0.5) is 0 Å². The third-order valence-corrected chi connectivity index (χ3v) is 1.47. The van der Waals surface area contributed by atoms with Crippen LogP contribution in [0.2, 0.25) is 0 Å². The highest BCUT2D eigenvalue weighted by molar-refractivity contribution is 6.47. The van der Waals surface area contributed by atoms with E-state index in [9.17, 15) is 14.4 Å². The third-order valence-electron chi connectivity index (χ3n) is 1.47. The summed E-state index contributed by atoms with van der Waals surface area (Å²) in [4.78, 5) is 35.1. The monoisotopic (exact) mass is 213 g/mol. The highest BCUT2D eigenvalue weighted by Crippen LogP contribution is 2.01. The molecule has 0 rings (SSSR count). The fourth-order valence-electron chi connectivity index (χ4n) is 0.874. The Morgan fingerprint density at radius 1 is 1.27 bits per heavy atom. The Balaban J connectivity index is 4.88. The SMILES string of the molecule is CCOC(=O)C(=O)/C(=C/N(C)C)C(C)=O. The number of carbonyl (C=O) groups excluding carboxylic acids is 3. The molecule has 0 atom stereocenters. The lowest BCUT2D eigenvalue weighted by atomic mass is 10.1. The van der Waals surface area contributed by atoms with E-state index in [0.717, 1.165) is 0 Å². The molecule has 0 radical (unpaired) electrons. The van der Waals surface area contributed by atoms with E-state index >= 15 is 0 Å². The van der Waals surface area contributed by atoms with Crippen LogP contribution >= 0.6 is 0 Å². The molecule has 0 heterocycles. The van der Waals surface area contributed by atoms with Crippen molar-refractivity contribution in [2.75, 3.05) is 20.7 Å². The smallest absolute Gasteiger partial charge is 0.379 e. The van der Waals surface area contributed by atoms with E-state index in [4.69, 9.17) is 0 Å². The number of carbonyl (C=O) groups is 3. The van der Waals surface area contributed by atoms with Crippen molar-refractivity contribution in [1.29, 1.82) is 0 Å². The van der Waals surface area contributed by atoms with E-state index < -0.39 is 17.5 Å². The molecule has 0 aliphatic rings. The fourth-order valence-corrected chi connectivity index (χ4v) is 0.874. The predicted molar refractivity (Wildman–Crippen MR) is 54.1 cm³/mol. The molecule has 0 saturated heterocycles. The molecular weight excluding hydrogens is 198 g/mol. The zero-order chi connectivity index (χ0) is 12.0. The first-order chi connectivity index (χ1) is 6.90. The van der Waals surface area contributed by atoms with Crippen molar-refractivity contribution >= 4 is 17.5 Å². The molecule has 0 spiro atoms. The Bertz CT molecular complexity index is 305. The molecule has 0 aliphatic carbocycles. The number of ketones is 2. The van der Waals surface area contributed by atoms with Gasteiger partial charge in [0.2, 0.25) is 0 Å². The molecule has 84 valence electrons. The van der Waals surface area contributed by atoms with Gasteiger partial charge >= 0.3 is 5.97 Å². The number of esters is 1. The topological polar surface area (TPSA) is 63.7 Å². The Kier molecular flexibility index (Phi) is 5.30. The van der Waals surface area contributed by atoms with Crippen LogP contribution in [0.25, 0.3) is 0 Å². The van der Waals surface area contributed by atoms with Crippen LogP contribution in [0, 0.1) is 0 Å². The number of ether oxygens (including phenoxy) is 1. The number of hydrogen-bond acceptors (Lipinski definition) is 5. The molecule has 5 nitrogen and oxygen atoms in total.